The van der Waals surface area contributed by atoms with Gasteiger partial charge < -0.3 is 9.64 Å². The molecule has 0 aliphatic carbocycles. The minimum Gasteiger partial charge on any atom is -0.383 e. The van der Waals surface area contributed by atoms with Crippen LogP contribution in [0.1, 0.15) is 17.9 Å². The fraction of sp³-hybridized carbons (Fsp3) is 0.462. The monoisotopic (exact) mass is 285 g/mol. The summed E-state index contributed by atoms with van der Waals surface area (Å²) < 4.78 is 5.07. The maximum absolute atomic E-state index is 12.1. The number of ether oxygens (including phenoxy) is 1. The summed E-state index contributed by atoms with van der Waals surface area (Å²) in [5.74, 6) is 0.155. The molecular formula is C13H16ClNO2S. The molecule has 1 aromatic rings. The van der Waals surface area contributed by atoms with E-state index in [1.54, 1.807) is 18.9 Å². The van der Waals surface area contributed by atoms with Crippen molar-refractivity contribution in [3.63, 3.8) is 0 Å². The van der Waals surface area contributed by atoms with Crippen LogP contribution in [0.15, 0.2) is 24.3 Å². The third kappa shape index (κ3) is 2.66. The largest absolute Gasteiger partial charge is 0.383 e. The van der Waals surface area contributed by atoms with E-state index in [-0.39, 0.29) is 16.5 Å². The molecule has 1 aromatic carbocycles. The first-order valence-electron chi connectivity index (χ1n) is 5.84. The lowest BCUT2D eigenvalue weighted by molar-refractivity contribution is -0.130. The summed E-state index contributed by atoms with van der Waals surface area (Å²) in [6.45, 7) is 3.08. The number of thioether (sulfide) groups is 1. The number of amides is 1. The van der Waals surface area contributed by atoms with E-state index in [0.29, 0.717) is 18.2 Å². The molecule has 1 saturated heterocycles. The Hall–Kier alpha value is -0.710. The predicted octanol–water partition coefficient (Wildman–Crippen LogP) is 2.95. The number of hydrogen-bond acceptors (Lipinski definition) is 3. The summed E-state index contributed by atoms with van der Waals surface area (Å²) in [5.41, 5.74) is 0.998. The van der Waals surface area contributed by atoms with Crippen molar-refractivity contribution in [1.29, 1.82) is 0 Å². The van der Waals surface area contributed by atoms with Gasteiger partial charge in [-0.2, -0.15) is 0 Å². The number of rotatable bonds is 4. The molecule has 0 unspecified atom stereocenters. The van der Waals surface area contributed by atoms with Gasteiger partial charge in [0.15, 0.2) is 0 Å². The number of carbonyl (C=O) groups is 1. The van der Waals surface area contributed by atoms with Gasteiger partial charge in [-0.1, -0.05) is 29.8 Å². The van der Waals surface area contributed by atoms with Crippen molar-refractivity contribution in [2.24, 2.45) is 0 Å². The maximum atomic E-state index is 12.1. The Morgan fingerprint density at radius 1 is 1.44 bits per heavy atom. The summed E-state index contributed by atoms with van der Waals surface area (Å²) in [4.78, 5) is 14.0. The van der Waals surface area contributed by atoms with Gasteiger partial charge in [0.25, 0.3) is 0 Å². The lowest BCUT2D eigenvalue weighted by Crippen LogP contribution is -2.33. The molecule has 0 radical (unpaired) electrons. The van der Waals surface area contributed by atoms with Gasteiger partial charge in [0.2, 0.25) is 5.91 Å². The van der Waals surface area contributed by atoms with Crippen LogP contribution in [0.5, 0.6) is 0 Å². The highest BCUT2D eigenvalue weighted by Crippen LogP contribution is 2.44. The van der Waals surface area contributed by atoms with Crippen LogP contribution >= 0.6 is 23.4 Å². The van der Waals surface area contributed by atoms with Crippen molar-refractivity contribution in [2.75, 3.05) is 20.3 Å². The average molecular weight is 286 g/mol. The van der Waals surface area contributed by atoms with Crippen LogP contribution in [-0.2, 0) is 9.53 Å². The van der Waals surface area contributed by atoms with Gasteiger partial charge in [-0.25, -0.2) is 0 Å². The van der Waals surface area contributed by atoms with Crippen molar-refractivity contribution in [2.45, 2.75) is 17.5 Å². The standard InChI is InChI=1S/C13H16ClNO2S/c1-9-12(16)15(7-8-17-2)13(18-9)10-5-3-4-6-11(10)14/h3-6,9,13H,7-8H2,1-2H3/t9-,13-/m0/s1. The number of nitrogens with zero attached hydrogens (tertiary/aromatic N) is 1. The van der Waals surface area contributed by atoms with Crippen LogP contribution in [0.3, 0.4) is 0 Å². The number of halogens is 1. The Bertz CT molecular complexity index is 441. The molecule has 0 spiro atoms. The molecule has 2 atom stereocenters. The molecular weight excluding hydrogens is 270 g/mol. The lowest BCUT2D eigenvalue weighted by Gasteiger charge is -2.24. The summed E-state index contributed by atoms with van der Waals surface area (Å²) in [7, 11) is 1.64. The highest BCUT2D eigenvalue weighted by Gasteiger charge is 2.38. The molecule has 1 aliphatic heterocycles. The second-order valence-corrected chi connectivity index (χ2v) is 6.01. The fourth-order valence-electron chi connectivity index (χ4n) is 2.01. The molecule has 18 heavy (non-hydrogen) atoms. The molecule has 0 bridgehead atoms. The number of methoxy groups -OCH3 is 1. The lowest BCUT2D eigenvalue weighted by atomic mass is 10.2. The van der Waals surface area contributed by atoms with E-state index in [4.69, 9.17) is 16.3 Å². The second kappa shape index (κ2) is 5.95. The molecule has 1 fully saturated rings. The zero-order valence-corrected chi connectivity index (χ0v) is 12.0. The van der Waals surface area contributed by atoms with Crippen LogP contribution in [-0.4, -0.2) is 36.3 Å². The average Bonchev–Trinajstić information content (AvgIpc) is 2.64. The van der Waals surface area contributed by atoms with Gasteiger partial charge in [-0.15, -0.1) is 11.8 Å². The number of carbonyl (C=O) groups excluding carboxylic acids is 1. The molecule has 3 nitrogen and oxygen atoms in total. The Morgan fingerprint density at radius 3 is 2.83 bits per heavy atom. The van der Waals surface area contributed by atoms with Gasteiger partial charge in [0, 0.05) is 24.2 Å². The highest BCUT2D eigenvalue weighted by molar-refractivity contribution is 8.01. The van der Waals surface area contributed by atoms with Crippen LogP contribution in [0.4, 0.5) is 0 Å². The van der Waals surface area contributed by atoms with Gasteiger partial charge in [-0.3, -0.25) is 4.79 Å². The molecule has 0 saturated carbocycles. The van der Waals surface area contributed by atoms with Crippen molar-refractivity contribution >= 4 is 29.3 Å². The third-order valence-corrected chi connectivity index (χ3v) is 4.67. The van der Waals surface area contributed by atoms with Gasteiger partial charge in [0.05, 0.1) is 11.9 Å². The predicted molar refractivity (Wildman–Crippen MR) is 74.8 cm³/mol. The molecule has 0 aromatic heterocycles. The maximum Gasteiger partial charge on any atom is 0.236 e. The quantitative estimate of drug-likeness (QED) is 0.852. The molecule has 1 amide bonds. The first-order valence-corrected chi connectivity index (χ1v) is 7.16. The summed E-state index contributed by atoms with van der Waals surface area (Å²) in [6, 6.07) is 7.68. The summed E-state index contributed by atoms with van der Waals surface area (Å²) in [5, 5.41) is 0.679. The minimum absolute atomic E-state index is 0.00338. The van der Waals surface area contributed by atoms with E-state index < -0.39 is 0 Å². The van der Waals surface area contributed by atoms with Crippen LogP contribution < -0.4 is 0 Å². The molecule has 98 valence electrons. The third-order valence-electron chi connectivity index (χ3n) is 2.95. The number of hydrogen-bond donors (Lipinski definition) is 0. The second-order valence-electron chi connectivity index (χ2n) is 4.18. The normalized spacial score (nSPS) is 23.7. The van der Waals surface area contributed by atoms with E-state index >= 15 is 0 Å². The number of benzene rings is 1. The van der Waals surface area contributed by atoms with Gasteiger partial charge >= 0.3 is 0 Å². The molecule has 1 aliphatic rings. The van der Waals surface area contributed by atoms with Crippen molar-refractivity contribution < 1.29 is 9.53 Å². The first-order chi connectivity index (χ1) is 8.65. The first kappa shape index (κ1) is 13.7. The minimum atomic E-state index is -0.0249. The zero-order chi connectivity index (χ0) is 13.1. The smallest absolute Gasteiger partial charge is 0.236 e. The van der Waals surface area contributed by atoms with E-state index in [9.17, 15) is 4.79 Å². The van der Waals surface area contributed by atoms with Gasteiger partial charge in [0.1, 0.15) is 5.37 Å². The Morgan fingerprint density at radius 2 is 2.17 bits per heavy atom. The fourth-order valence-corrected chi connectivity index (χ4v) is 3.66. The Kier molecular flexibility index (Phi) is 4.54. The van der Waals surface area contributed by atoms with Crippen molar-refractivity contribution in [3.05, 3.63) is 34.9 Å². The topological polar surface area (TPSA) is 29.5 Å². The van der Waals surface area contributed by atoms with Crippen LogP contribution in [0.2, 0.25) is 5.02 Å². The van der Waals surface area contributed by atoms with E-state index in [1.807, 2.05) is 36.1 Å². The van der Waals surface area contributed by atoms with E-state index in [2.05, 4.69) is 0 Å². The highest BCUT2D eigenvalue weighted by atomic mass is 35.5. The van der Waals surface area contributed by atoms with Gasteiger partial charge in [-0.05, 0) is 13.0 Å². The summed E-state index contributed by atoms with van der Waals surface area (Å²) >= 11 is 7.85. The molecule has 0 N–H and O–H groups in total. The van der Waals surface area contributed by atoms with Crippen molar-refractivity contribution in [3.8, 4) is 0 Å². The zero-order valence-electron chi connectivity index (χ0n) is 10.4. The molecule has 5 heteroatoms. The van der Waals surface area contributed by atoms with Crippen LogP contribution in [0.25, 0.3) is 0 Å². The molecule has 2 rings (SSSR count). The van der Waals surface area contributed by atoms with E-state index in [0.717, 1.165) is 5.56 Å². The Labute approximate surface area is 116 Å². The SMILES string of the molecule is COCCN1C(=O)[C@H](C)S[C@H]1c1ccccc1Cl. The van der Waals surface area contributed by atoms with Crippen LogP contribution in [0, 0.1) is 0 Å². The molecule has 1 heterocycles. The summed E-state index contributed by atoms with van der Waals surface area (Å²) in [6.07, 6.45) is 0. The van der Waals surface area contributed by atoms with E-state index in [1.165, 1.54) is 0 Å². The van der Waals surface area contributed by atoms with Crippen molar-refractivity contribution in [1.82, 2.24) is 4.90 Å². The Balaban J connectivity index is 2.25.